The summed E-state index contributed by atoms with van der Waals surface area (Å²) in [6, 6.07) is 13.7. The number of halogens is 1. The maximum atomic E-state index is 13.0. The highest BCUT2D eigenvalue weighted by Crippen LogP contribution is 2.41. The van der Waals surface area contributed by atoms with Crippen LogP contribution in [0.15, 0.2) is 53.4 Å². The van der Waals surface area contributed by atoms with Crippen molar-refractivity contribution in [1.29, 1.82) is 0 Å². The fourth-order valence-corrected chi connectivity index (χ4v) is 5.71. The lowest BCUT2D eigenvalue weighted by Gasteiger charge is -2.12. The van der Waals surface area contributed by atoms with Gasteiger partial charge in [-0.1, -0.05) is 23.7 Å². The maximum Gasteiger partial charge on any atom is 0.261 e. The van der Waals surface area contributed by atoms with Crippen molar-refractivity contribution in [2.45, 2.75) is 25.7 Å². The third-order valence-corrected chi connectivity index (χ3v) is 7.06. The average Bonchev–Trinajstić information content (AvgIpc) is 2.97. The number of hydrogen-bond acceptors (Lipinski definition) is 5. The number of fused-ring (bicyclic) bond motifs is 1. The Labute approximate surface area is 178 Å². The summed E-state index contributed by atoms with van der Waals surface area (Å²) in [5, 5.41) is 1.11. The molecule has 0 bridgehead atoms. The number of sulfonamides is 1. The number of rotatable bonds is 4. The Morgan fingerprint density at radius 2 is 1.72 bits per heavy atom. The zero-order valence-electron chi connectivity index (χ0n) is 16.0. The van der Waals surface area contributed by atoms with Gasteiger partial charge in [-0.25, -0.2) is 13.4 Å². The van der Waals surface area contributed by atoms with Crippen molar-refractivity contribution < 1.29 is 8.42 Å². The molecule has 1 aromatic carbocycles. The first kappa shape index (κ1) is 19.8. The minimum Gasteiger partial charge on any atom is -0.279 e. The van der Waals surface area contributed by atoms with Gasteiger partial charge in [-0.3, -0.25) is 9.71 Å². The standard InChI is InChI=1S/C21H18ClN3O2S2/c1-12-6-4-9-17(23-12)19-14(3)28-21-20(19)18(10-13(2)24-21)25-29(26,27)16-8-5-7-15(22)11-16/h4-11H,1-3H3,(H,24,25). The topological polar surface area (TPSA) is 72.0 Å². The molecule has 0 aliphatic rings. The Morgan fingerprint density at radius 1 is 0.966 bits per heavy atom. The molecule has 29 heavy (non-hydrogen) atoms. The van der Waals surface area contributed by atoms with Gasteiger partial charge in [0.1, 0.15) is 4.83 Å². The van der Waals surface area contributed by atoms with Gasteiger partial charge in [0.2, 0.25) is 0 Å². The molecular weight excluding hydrogens is 426 g/mol. The summed E-state index contributed by atoms with van der Waals surface area (Å²) in [6.45, 7) is 5.77. The molecule has 0 saturated carbocycles. The Hall–Kier alpha value is -2.48. The van der Waals surface area contributed by atoms with E-state index in [1.807, 2.05) is 39.0 Å². The zero-order valence-corrected chi connectivity index (χ0v) is 18.4. The highest BCUT2D eigenvalue weighted by Gasteiger charge is 2.22. The number of nitrogens with zero attached hydrogens (tertiary/aromatic N) is 2. The van der Waals surface area contributed by atoms with Crippen LogP contribution in [0.2, 0.25) is 5.02 Å². The molecule has 0 amide bonds. The monoisotopic (exact) mass is 443 g/mol. The van der Waals surface area contributed by atoms with E-state index in [0.29, 0.717) is 10.7 Å². The molecule has 4 aromatic rings. The highest BCUT2D eigenvalue weighted by atomic mass is 35.5. The summed E-state index contributed by atoms with van der Waals surface area (Å²) < 4.78 is 28.8. The van der Waals surface area contributed by atoms with Gasteiger partial charge in [0.05, 0.1) is 16.3 Å². The quantitative estimate of drug-likeness (QED) is 0.436. The van der Waals surface area contributed by atoms with Gasteiger partial charge >= 0.3 is 0 Å². The third kappa shape index (κ3) is 3.85. The van der Waals surface area contributed by atoms with Gasteiger partial charge < -0.3 is 0 Å². The van der Waals surface area contributed by atoms with E-state index >= 15 is 0 Å². The average molecular weight is 444 g/mol. The van der Waals surface area contributed by atoms with Gasteiger partial charge in [0.25, 0.3) is 10.0 Å². The van der Waals surface area contributed by atoms with Crippen molar-refractivity contribution in [3.8, 4) is 11.3 Å². The molecule has 0 fully saturated rings. The lowest BCUT2D eigenvalue weighted by Crippen LogP contribution is -2.13. The van der Waals surface area contributed by atoms with Crippen molar-refractivity contribution >= 4 is 48.9 Å². The summed E-state index contributed by atoms with van der Waals surface area (Å²) in [6.07, 6.45) is 0. The SMILES string of the molecule is Cc1cccc(-c2c(C)sc3nc(C)cc(NS(=O)(=O)c4cccc(Cl)c4)c23)n1. The summed E-state index contributed by atoms with van der Waals surface area (Å²) in [5.41, 5.74) is 3.79. The molecule has 8 heteroatoms. The first-order valence-corrected chi connectivity index (χ1v) is 11.6. The fraction of sp³-hybridized carbons (Fsp3) is 0.143. The van der Waals surface area contributed by atoms with Gasteiger partial charge in [-0.05, 0) is 57.2 Å². The molecule has 5 nitrogen and oxygen atoms in total. The van der Waals surface area contributed by atoms with Gasteiger partial charge in [0, 0.05) is 32.2 Å². The minimum atomic E-state index is -3.82. The Balaban J connectivity index is 1.93. The van der Waals surface area contributed by atoms with E-state index in [-0.39, 0.29) is 4.90 Å². The Bertz CT molecular complexity index is 1350. The van der Waals surface area contributed by atoms with E-state index in [0.717, 1.165) is 37.7 Å². The molecule has 0 aliphatic heterocycles. The number of pyridine rings is 2. The van der Waals surface area contributed by atoms with E-state index < -0.39 is 10.0 Å². The number of thiophene rings is 1. The minimum absolute atomic E-state index is 0.106. The molecule has 1 N–H and O–H groups in total. The number of hydrogen-bond donors (Lipinski definition) is 1. The Kier molecular flexibility index (Phi) is 5.06. The second kappa shape index (κ2) is 7.40. The number of aryl methyl sites for hydroxylation is 3. The van der Waals surface area contributed by atoms with Crippen LogP contribution in [0.3, 0.4) is 0 Å². The van der Waals surface area contributed by atoms with E-state index in [1.165, 1.54) is 23.5 Å². The smallest absolute Gasteiger partial charge is 0.261 e. The summed E-state index contributed by atoms with van der Waals surface area (Å²) in [5.74, 6) is 0. The molecule has 3 heterocycles. The van der Waals surface area contributed by atoms with Gasteiger partial charge in [-0.2, -0.15) is 0 Å². The van der Waals surface area contributed by atoms with Crippen LogP contribution in [0.5, 0.6) is 0 Å². The Morgan fingerprint density at radius 3 is 2.45 bits per heavy atom. The lowest BCUT2D eigenvalue weighted by molar-refractivity contribution is 0.601. The number of aromatic nitrogens is 2. The molecule has 0 aliphatic carbocycles. The van der Waals surface area contributed by atoms with Crippen LogP contribution in [0.4, 0.5) is 5.69 Å². The van der Waals surface area contributed by atoms with E-state index in [2.05, 4.69) is 14.7 Å². The van der Waals surface area contributed by atoms with E-state index in [9.17, 15) is 8.42 Å². The van der Waals surface area contributed by atoms with Crippen molar-refractivity contribution in [1.82, 2.24) is 9.97 Å². The molecular formula is C21H18ClN3O2S2. The molecule has 0 radical (unpaired) electrons. The van der Waals surface area contributed by atoms with Crippen LogP contribution >= 0.6 is 22.9 Å². The highest BCUT2D eigenvalue weighted by molar-refractivity contribution is 7.92. The first-order chi connectivity index (χ1) is 13.7. The van der Waals surface area contributed by atoms with Gasteiger partial charge in [-0.15, -0.1) is 11.3 Å². The zero-order chi connectivity index (χ0) is 20.8. The third-order valence-electron chi connectivity index (χ3n) is 4.46. The first-order valence-electron chi connectivity index (χ1n) is 8.88. The summed E-state index contributed by atoms with van der Waals surface area (Å²) >= 11 is 7.51. The summed E-state index contributed by atoms with van der Waals surface area (Å²) in [7, 11) is -3.82. The van der Waals surface area contributed by atoms with Crippen LogP contribution in [0.25, 0.3) is 21.5 Å². The molecule has 3 aromatic heterocycles. The molecule has 0 saturated heterocycles. The van der Waals surface area contributed by atoms with Crippen molar-refractivity contribution in [3.05, 3.63) is 69.8 Å². The molecule has 148 valence electrons. The maximum absolute atomic E-state index is 13.0. The molecule has 4 rings (SSSR count). The van der Waals surface area contributed by atoms with E-state index in [1.54, 1.807) is 18.2 Å². The van der Waals surface area contributed by atoms with Crippen molar-refractivity contribution in [3.63, 3.8) is 0 Å². The molecule has 0 spiro atoms. The van der Waals surface area contributed by atoms with Crippen LogP contribution in [0, 0.1) is 20.8 Å². The number of benzene rings is 1. The predicted octanol–water partition coefficient (Wildman–Crippen LogP) is 5.74. The van der Waals surface area contributed by atoms with Crippen LogP contribution in [-0.4, -0.2) is 18.4 Å². The second-order valence-corrected chi connectivity index (χ2v) is 10.1. The summed E-state index contributed by atoms with van der Waals surface area (Å²) in [4.78, 5) is 11.2. The van der Waals surface area contributed by atoms with Crippen molar-refractivity contribution in [2.75, 3.05) is 4.72 Å². The molecule has 0 unspecified atom stereocenters. The number of anilines is 1. The van der Waals surface area contributed by atoms with E-state index in [4.69, 9.17) is 11.6 Å². The normalized spacial score (nSPS) is 11.7. The molecule has 0 atom stereocenters. The van der Waals surface area contributed by atoms with Crippen LogP contribution in [0.1, 0.15) is 16.3 Å². The predicted molar refractivity (Wildman–Crippen MR) is 119 cm³/mol. The van der Waals surface area contributed by atoms with Crippen LogP contribution in [-0.2, 0) is 10.0 Å². The number of nitrogens with one attached hydrogen (secondary N) is 1. The lowest BCUT2D eigenvalue weighted by atomic mass is 10.1. The van der Waals surface area contributed by atoms with Gasteiger partial charge in [0.15, 0.2) is 0 Å². The fourth-order valence-electron chi connectivity index (χ4n) is 3.24. The van der Waals surface area contributed by atoms with Crippen molar-refractivity contribution in [2.24, 2.45) is 0 Å². The van der Waals surface area contributed by atoms with Crippen LogP contribution < -0.4 is 4.72 Å². The second-order valence-electron chi connectivity index (χ2n) is 6.75. The largest absolute Gasteiger partial charge is 0.279 e.